The fourth-order valence-electron chi connectivity index (χ4n) is 1.92. The van der Waals surface area contributed by atoms with Gasteiger partial charge in [0.15, 0.2) is 0 Å². The van der Waals surface area contributed by atoms with E-state index in [1.54, 1.807) is 19.1 Å². The molecule has 1 heterocycles. The van der Waals surface area contributed by atoms with Crippen LogP contribution in [0.2, 0.25) is 0 Å². The standard InChI is InChI=1S/C14H16N2O5/c1-2-20-13(18)12(17)15-8-11-9-16(14(19)21-11)10-6-4-3-5-7-10/h3-7,11H,2,8-9H2,1H3,(H,15,17)/t11-/m0/s1. The van der Waals surface area contributed by atoms with Crippen molar-refractivity contribution in [3.63, 3.8) is 0 Å². The van der Waals surface area contributed by atoms with E-state index in [2.05, 4.69) is 10.1 Å². The Morgan fingerprint density at radius 2 is 2.10 bits per heavy atom. The van der Waals surface area contributed by atoms with Crippen LogP contribution in [0.5, 0.6) is 0 Å². The minimum absolute atomic E-state index is 0.0622. The molecule has 1 aromatic carbocycles. The van der Waals surface area contributed by atoms with Crippen molar-refractivity contribution in [2.24, 2.45) is 0 Å². The topological polar surface area (TPSA) is 84.9 Å². The van der Waals surface area contributed by atoms with Crippen LogP contribution in [0.25, 0.3) is 0 Å². The van der Waals surface area contributed by atoms with Gasteiger partial charge in [0.25, 0.3) is 0 Å². The summed E-state index contributed by atoms with van der Waals surface area (Å²) >= 11 is 0. The molecule has 0 bridgehead atoms. The van der Waals surface area contributed by atoms with Crippen LogP contribution in [0.1, 0.15) is 6.92 Å². The van der Waals surface area contributed by atoms with Crippen LogP contribution in [0, 0.1) is 0 Å². The van der Waals surface area contributed by atoms with Crippen LogP contribution in [-0.2, 0) is 19.1 Å². The third-order valence-corrected chi connectivity index (χ3v) is 2.89. The van der Waals surface area contributed by atoms with Gasteiger partial charge in [-0.05, 0) is 19.1 Å². The quantitative estimate of drug-likeness (QED) is 0.652. The van der Waals surface area contributed by atoms with E-state index in [1.165, 1.54) is 4.90 Å². The van der Waals surface area contributed by atoms with Crippen LogP contribution in [-0.4, -0.2) is 43.8 Å². The van der Waals surface area contributed by atoms with E-state index >= 15 is 0 Å². The predicted molar refractivity (Wildman–Crippen MR) is 73.7 cm³/mol. The molecule has 1 N–H and O–H groups in total. The molecule has 2 amide bonds. The molecule has 0 saturated carbocycles. The molecule has 1 atom stereocenters. The molecular weight excluding hydrogens is 276 g/mol. The second kappa shape index (κ2) is 6.74. The number of benzene rings is 1. The number of nitrogens with zero attached hydrogens (tertiary/aromatic N) is 1. The molecule has 0 unspecified atom stereocenters. The highest BCUT2D eigenvalue weighted by atomic mass is 16.6. The zero-order valence-corrected chi connectivity index (χ0v) is 11.6. The Hall–Kier alpha value is -2.57. The average Bonchev–Trinajstić information content (AvgIpc) is 2.87. The van der Waals surface area contributed by atoms with Gasteiger partial charge in [0.05, 0.1) is 19.7 Å². The molecule has 2 rings (SSSR count). The lowest BCUT2D eigenvalue weighted by molar-refractivity contribution is -0.154. The number of ether oxygens (including phenoxy) is 2. The van der Waals surface area contributed by atoms with Crippen molar-refractivity contribution in [1.29, 1.82) is 0 Å². The van der Waals surface area contributed by atoms with E-state index in [9.17, 15) is 14.4 Å². The maximum Gasteiger partial charge on any atom is 0.414 e. The summed E-state index contributed by atoms with van der Waals surface area (Å²) in [6.45, 7) is 2.12. The molecule has 1 fully saturated rings. The van der Waals surface area contributed by atoms with Crippen LogP contribution in [0.15, 0.2) is 30.3 Å². The number of hydrogen-bond donors (Lipinski definition) is 1. The number of para-hydroxylation sites is 1. The summed E-state index contributed by atoms with van der Waals surface area (Å²) in [4.78, 5) is 35.8. The molecule has 1 aliphatic rings. The van der Waals surface area contributed by atoms with Gasteiger partial charge in [-0.3, -0.25) is 9.69 Å². The lowest BCUT2D eigenvalue weighted by atomic mass is 10.2. The van der Waals surface area contributed by atoms with Crippen molar-refractivity contribution in [2.45, 2.75) is 13.0 Å². The summed E-state index contributed by atoms with van der Waals surface area (Å²) < 4.78 is 9.70. The van der Waals surface area contributed by atoms with Crippen molar-refractivity contribution >= 4 is 23.7 Å². The van der Waals surface area contributed by atoms with Crippen molar-refractivity contribution in [3.05, 3.63) is 30.3 Å². The molecule has 0 radical (unpaired) electrons. The second-order valence-corrected chi connectivity index (χ2v) is 4.38. The molecular formula is C14H16N2O5. The summed E-state index contributed by atoms with van der Waals surface area (Å²) in [5.74, 6) is -1.78. The normalized spacial score (nSPS) is 17.3. The molecule has 7 nitrogen and oxygen atoms in total. The van der Waals surface area contributed by atoms with E-state index in [-0.39, 0.29) is 13.2 Å². The number of rotatable bonds is 4. The number of cyclic esters (lactones) is 1. The number of nitrogens with one attached hydrogen (secondary N) is 1. The van der Waals surface area contributed by atoms with Crippen LogP contribution < -0.4 is 10.2 Å². The number of anilines is 1. The van der Waals surface area contributed by atoms with Gasteiger partial charge in [-0.1, -0.05) is 18.2 Å². The van der Waals surface area contributed by atoms with Gasteiger partial charge in [0.1, 0.15) is 6.10 Å². The molecule has 1 aromatic rings. The first-order chi connectivity index (χ1) is 10.1. The fraction of sp³-hybridized carbons (Fsp3) is 0.357. The number of carbonyl (C=O) groups excluding carboxylic acids is 3. The maximum absolute atomic E-state index is 11.8. The SMILES string of the molecule is CCOC(=O)C(=O)NC[C@H]1CN(c2ccccc2)C(=O)O1. The van der Waals surface area contributed by atoms with Gasteiger partial charge >= 0.3 is 18.0 Å². The van der Waals surface area contributed by atoms with Crippen molar-refractivity contribution in [2.75, 3.05) is 24.6 Å². The molecule has 0 aromatic heterocycles. The molecule has 0 spiro atoms. The number of carbonyl (C=O) groups is 3. The monoisotopic (exact) mass is 292 g/mol. The number of esters is 1. The van der Waals surface area contributed by atoms with Crippen molar-refractivity contribution < 1.29 is 23.9 Å². The van der Waals surface area contributed by atoms with E-state index in [4.69, 9.17) is 4.74 Å². The van der Waals surface area contributed by atoms with Crippen LogP contribution >= 0.6 is 0 Å². The first-order valence-corrected chi connectivity index (χ1v) is 6.60. The first-order valence-electron chi connectivity index (χ1n) is 6.60. The fourth-order valence-corrected chi connectivity index (χ4v) is 1.92. The Morgan fingerprint density at radius 1 is 1.38 bits per heavy atom. The lowest BCUT2D eigenvalue weighted by Crippen LogP contribution is -2.39. The lowest BCUT2D eigenvalue weighted by Gasteiger charge is -2.12. The summed E-state index contributed by atoms with van der Waals surface area (Å²) in [6.07, 6.45) is -0.979. The molecule has 7 heteroatoms. The summed E-state index contributed by atoms with van der Waals surface area (Å²) in [6, 6.07) is 9.07. The molecule has 112 valence electrons. The van der Waals surface area contributed by atoms with Crippen LogP contribution in [0.4, 0.5) is 10.5 Å². The zero-order valence-electron chi connectivity index (χ0n) is 11.6. The molecule has 1 aliphatic heterocycles. The Balaban J connectivity index is 1.86. The highest BCUT2D eigenvalue weighted by Gasteiger charge is 2.32. The number of hydrogen-bond acceptors (Lipinski definition) is 5. The molecule has 1 saturated heterocycles. The third kappa shape index (κ3) is 3.71. The third-order valence-electron chi connectivity index (χ3n) is 2.89. The van der Waals surface area contributed by atoms with Crippen LogP contribution in [0.3, 0.4) is 0 Å². The van der Waals surface area contributed by atoms with E-state index < -0.39 is 24.1 Å². The van der Waals surface area contributed by atoms with Gasteiger partial charge in [0, 0.05) is 5.69 Å². The van der Waals surface area contributed by atoms with Gasteiger partial charge in [-0.15, -0.1) is 0 Å². The minimum Gasteiger partial charge on any atom is -0.459 e. The van der Waals surface area contributed by atoms with Gasteiger partial charge in [0.2, 0.25) is 0 Å². The molecule has 0 aliphatic carbocycles. The maximum atomic E-state index is 11.8. The average molecular weight is 292 g/mol. The highest BCUT2D eigenvalue weighted by Crippen LogP contribution is 2.20. The highest BCUT2D eigenvalue weighted by molar-refractivity contribution is 6.32. The summed E-state index contributed by atoms with van der Waals surface area (Å²) in [7, 11) is 0. The Bertz CT molecular complexity index is 531. The molecule has 21 heavy (non-hydrogen) atoms. The van der Waals surface area contributed by atoms with Crippen molar-refractivity contribution in [3.8, 4) is 0 Å². The Morgan fingerprint density at radius 3 is 2.76 bits per heavy atom. The Kier molecular flexibility index (Phi) is 4.76. The Labute approximate surface area is 121 Å². The van der Waals surface area contributed by atoms with Gasteiger partial charge in [-0.2, -0.15) is 0 Å². The van der Waals surface area contributed by atoms with Gasteiger partial charge in [-0.25, -0.2) is 9.59 Å². The summed E-state index contributed by atoms with van der Waals surface area (Å²) in [5, 5.41) is 2.38. The first kappa shape index (κ1) is 14.8. The smallest absolute Gasteiger partial charge is 0.414 e. The largest absolute Gasteiger partial charge is 0.459 e. The van der Waals surface area contributed by atoms with E-state index in [1.807, 2.05) is 18.2 Å². The second-order valence-electron chi connectivity index (χ2n) is 4.38. The minimum atomic E-state index is -0.943. The van der Waals surface area contributed by atoms with E-state index in [0.29, 0.717) is 6.54 Å². The van der Waals surface area contributed by atoms with E-state index in [0.717, 1.165) is 5.69 Å². The van der Waals surface area contributed by atoms with Gasteiger partial charge < -0.3 is 14.8 Å². The van der Waals surface area contributed by atoms with Crippen molar-refractivity contribution in [1.82, 2.24) is 5.32 Å². The zero-order chi connectivity index (χ0) is 15.2. The number of amides is 2. The summed E-state index contributed by atoms with van der Waals surface area (Å²) in [5.41, 5.74) is 0.724. The predicted octanol–water partition coefficient (Wildman–Crippen LogP) is 0.691.